The highest BCUT2D eigenvalue weighted by Gasteiger charge is 2.07. The Labute approximate surface area is 133 Å². The topological polar surface area (TPSA) is 55.4 Å². The molecule has 1 aromatic carbocycles. The van der Waals surface area contributed by atoms with Crippen LogP contribution in [-0.4, -0.2) is 18.5 Å². The number of benzene rings is 1. The molecule has 122 valence electrons. The van der Waals surface area contributed by atoms with Crippen LogP contribution in [0.4, 0.5) is 5.69 Å². The lowest BCUT2D eigenvalue weighted by Crippen LogP contribution is -2.11. The number of hydrogen-bond acceptors (Lipinski definition) is 3. The Bertz CT molecular complexity index is 454. The summed E-state index contributed by atoms with van der Waals surface area (Å²) >= 11 is 0. The first-order chi connectivity index (χ1) is 10.7. The zero-order valence-corrected chi connectivity index (χ0v) is 13.7. The molecule has 0 heterocycles. The molecule has 0 aromatic heterocycles. The molecule has 0 atom stereocenters. The second-order valence-corrected chi connectivity index (χ2v) is 5.43. The highest BCUT2D eigenvalue weighted by molar-refractivity contribution is 5.93. The number of carbonyl (C=O) groups is 2. The quantitative estimate of drug-likeness (QED) is 0.509. The summed E-state index contributed by atoms with van der Waals surface area (Å²) in [5.41, 5.74) is 1.22. The first-order valence-corrected chi connectivity index (χ1v) is 8.24. The molecule has 1 amide bonds. The van der Waals surface area contributed by atoms with Crippen LogP contribution in [0.25, 0.3) is 0 Å². The van der Waals surface area contributed by atoms with Gasteiger partial charge < -0.3 is 10.1 Å². The Morgan fingerprint density at radius 2 is 1.64 bits per heavy atom. The predicted molar refractivity (Wildman–Crippen MR) is 89.0 cm³/mol. The summed E-state index contributed by atoms with van der Waals surface area (Å²) in [6.45, 7) is 4.55. The van der Waals surface area contributed by atoms with Crippen molar-refractivity contribution < 1.29 is 14.3 Å². The van der Waals surface area contributed by atoms with Gasteiger partial charge in [-0.2, -0.15) is 0 Å². The van der Waals surface area contributed by atoms with Gasteiger partial charge in [0.25, 0.3) is 0 Å². The van der Waals surface area contributed by atoms with Crippen LogP contribution < -0.4 is 5.32 Å². The second-order valence-electron chi connectivity index (χ2n) is 5.43. The van der Waals surface area contributed by atoms with Crippen molar-refractivity contribution in [2.75, 3.05) is 11.9 Å². The monoisotopic (exact) mass is 305 g/mol. The van der Waals surface area contributed by atoms with Gasteiger partial charge in [0.2, 0.25) is 5.91 Å². The number of amides is 1. The molecule has 0 bridgehead atoms. The van der Waals surface area contributed by atoms with Gasteiger partial charge in [-0.15, -0.1) is 0 Å². The molecule has 4 heteroatoms. The molecule has 0 aliphatic heterocycles. The van der Waals surface area contributed by atoms with Crippen molar-refractivity contribution in [1.29, 1.82) is 0 Å². The van der Waals surface area contributed by atoms with Crippen molar-refractivity contribution in [2.24, 2.45) is 0 Å². The molecule has 1 N–H and O–H groups in total. The molecule has 0 saturated heterocycles. The van der Waals surface area contributed by atoms with Crippen LogP contribution in [0.15, 0.2) is 24.3 Å². The number of anilines is 1. The van der Waals surface area contributed by atoms with Crippen LogP contribution in [0.2, 0.25) is 0 Å². The average Bonchev–Trinajstić information content (AvgIpc) is 2.53. The van der Waals surface area contributed by atoms with Crippen molar-refractivity contribution in [1.82, 2.24) is 0 Å². The lowest BCUT2D eigenvalue weighted by Gasteiger charge is -2.07. The van der Waals surface area contributed by atoms with Crippen molar-refractivity contribution >= 4 is 17.6 Å². The molecule has 0 unspecified atom stereocenters. The highest BCUT2D eigenvalue weighted by atomic mass is 16.5. The Morgan fingerprint density at radius 3 is 2.27 bits per heavy atom. The molecule has 4 nitrogen and oxygen atoms in total. The first-order valence-electron chi connectivity index (χ1n) is 8.24. The number of ether oxygens (including phenoxy) is 1. The normalized spacial score (nSPS) is 10.3. The summed E-state index contributed by atoms with van der Waals surface area (Å²) in [5, 5.41) is 2.85. The maximum absolute atomic E-state index is 11.8. The minimum atomic E-state index is -0.323. The van der Waals surface area contributed by atoms with Gasteiger partial charge in [0, 0.05) is 12.1 Å². The first kappa shape index (κ1) is 18.2. The van der Waals surface area contributed by atoms with E-state index in [0.29, 0.717) is 24.3 Å². The molecule has 1 rings (SSSR count). The third kappa shape index (κ3) is 7.25. The molecule has 22 heavy (non-hydrogen) atoms. The van der Waals surface area contributed by atoms with Gasteiger partial charge in [-0.3, -0.25) is 4.79 Å². The fourth-order valence-electron chi connectivity index (χ4n) is 2.08. The minimum absolute atomic E-state index is 0.0257. The van der Waals surface area contributed by atoms with Crippen molar-refractivity contribution in [3.8, 4) is 0 Å². The Kier molecular flexibility index (Phi) is 8.96. The van der Waals surface area contributed by atoms with Crippen molar-refractivity contribution in [3.63, 3.8) is 0 Å². The molecule has 0 aliphatic carbocycles. The zero-order valence-electron chi connectivity index (χ0n) is 13.7. The number of hydrogen-bond donors (Lipinski definition) is 1. The van der Waals surface area contributed by atoms with Gasteiger partial charge in [-0.25, -0.2) is 4.79 Å². The van der Waals surface area contributed by atoms with Crippen molar-refractivity contribution in [3.05, 3.63) is 29.8 Å². The van der Waals surface area contributed by atoms with Gasteiger partial charge in [0.15, 0.2) is 0 Å². The summed E-state index contributed by atoms with van der Waals surface area (Å²) in [4.78, 5) is 23.5. The minimum Gasteiger partial charge on any atom is -0.462 e. The predicted octanol–water partition coefficient (Wildman–Crippen LogP) is 4.55. The van der Waals surface area contributed by atoms with E-state index in [1.165, 1.54) is 19.3 Å². The van der Waals surface area contributed by atoms with Crippen LogP contribution in [0.5, 0.6) is 0 Å². The molecule has 0 saturated carbocycles. The maximum atomic E-state index is 11.8. The second kappa shape index (κ2) is 10.8. The third-order valence-electron chi connectivity index (χ3n) is 3.35. The Hall–Kier alpha value is -1.84. The fraction of sp³-hybridized carbons (Fsp3) is 0.556. The van der Waals surface area contributed by atoms with Gasteiger partial charge in [0.05, 0.1) is 12.2 Å². The molecule has 0 aliphatic rings. The smallest absolute Gasteiger partial charge is 0.338 e. The molecular weight excluding hydrogens is 278 g/mol. The lowest BCUT2D eigenvalue weighted by atomic mass is 10.1. The van der Waals surface area contributed by atoms with Gasteiger partial charge in [-0.05, 0) is 37.1 Å². The van der Waals surface area contributed by atoms with Gasteiger partial charge in [-0.1, -0.05) is 39.5 Å². The van der Waals surface area contributed by atoms with Gasteiger partial charge in [0.1, 0.15) is 0 Å². The van der Waals surface area contributed by atoms with E-state index in [0.717, 1.165) is 19.3 Å². The standard InChI is InChI=1S/C18H27NO3/c1-3-5-6-7-8-9-17(20)19-16-12-10-15(11-13-16)18(21)22-14-4-2/h10-13H,3-9,14H2,1-2H3,(H,19,20). The molecule has 0 spiro atoms. The van der Waals surface area contributed by atoms with E-state index in [1.807, 2.05) is 6.92 Å². The summed E-state index contributed by atoms with van der Waals surface area (Å²) in [6.07, 6.45) is 7.01. The van der Waals surface area contributed by atoms with E-state index in [4.69, 9.17) is 4.74 Å². The van der Waals surface area contributed by atoms with E-state index < -0.39 is 0 Å². The average molecular weight is 305 g/mol. The Morgan fingerprint density at radius 1 is 0.955 bits per heavy atom. The largest absolute Gasteiger partial charge is 0.462 e. The SMILES string of the molecule is CCCCCCCC(=O)Nc1ccc(C(=O)OCCC)cc1. The number of rotatable bonds is 10. The molecule has 1 aromatic rings. The van der Waals surface area contributed by atoms with Crippen LogP contribution in [0.3, 0.4) is 0 Å². The van der Waals surface area contributed by atoms with E-state index in [2.05, 4.69) is 12.2 Å². The summed E-state index contributed by atoms with van der Waals surface area (Å²) < 4.78 is 5.06. The third-order valence-corrected chi connectivity index (χ3v) is 3.35. The Balaban J connectivity index is 2.34. The van der Waals surface area contributed by atoms with Crippen LogP contribution in [0.1, 0.15) is 69.2 Å². The number of carbonyl (C=O) groups excluding carboxylic acids is 2. The maximum Gasteiger partial charge on any atom is 0.338 e. The van der Waals surface area contributed by atoms with E-state index >= 15 is 0 Å². The summed E-state index contributed by atoms with van der Waals surface area (Å²) in [5.74, 6) is -0.298. The van der Waals surface area contributed by atoms with Crippen LogP contribution in [0, 0.1) is 0 Å². The number of nitrogens with one attached hydrogen (secondary N) is 1. The summed E-state index contributed by atoms with van der Waals surface area (Å²) in [6, 6.07) is 6.82. The highest BCUT2D eigenvalue weighted by Crippen LogP contribution is 2.12. The van der Waals surface area contributed by atoms with Gasteiger partial charge >= 0.3 is 5.97 Å². The fourth-order valence-corrected chi connectivity index (χ4v) is 2.08. The zero-order chi connectivity index (χ0) is 16.2. The molecule has 0 radical (unpaired) electrons. The van der Waals surface area contributed by atoms with E-state index in [9.17, 15) is 9.59 Å². The summed E-state index contributed by atoms with van der Waals surface area (Å²) in [7, 11) is 0. The lowest BCUT2D eigenvalue weighted by molar-refractivity contribution is -0.116. The molecular formula is C18H27NO3. The number of esters is 1. The number of unbranched alkanes of at least 4 members (excludes halogenated alkanes) is 4. The molecule has 0 fully saturated rings. The van der Waals surface area contributed by atoms with Crippen LogP contribution in [-0.2, 0) is 9.53 Å². The van der Waals surface area contributed by atoms with E-state index in [1.54, 1.807) is 24.3 Å². The van der Waals surface area contributed by atoms with Crippen LogP contribution >= 0.6 is 0 Å². The van der Waals surface area contributed by atoms with E-state index in [-0.39, 0.29) is 11.9 Å². The van der Waals surface area contributed by atoms with Crippen molar-refractivity contribution in [2.45, 2.75) is 58.8 Å².